The quantitative estimate of drug-likeness (QED) is 0.837. The largest absolute Gasteiger partial charge is 0.242 e. The molecule has 0 aliphatic rings. The molecule has 0 heterocycles. The fraction of sp³-hybridized carbons (Fsp3) is 0.143. The van der Waals surface area contributed by atoms with E-state index in [0.29, 0.717) is 16.5 Å². The minimum atomic E-state index is -3.80. The second kappa shape index (κ2) is 7.15. The van der Waals surface area contributed by atoms with Crippen molar-refractivity contribution >= 4 is 44.8 Å². The maximum absolute atomic E-state index is 13.0. The molecule has 0 amide bonds. The molecule has 2 aromatic rings. The van der Waals surface area contributed by atoms with Crippen molar-refractivity contribution in [3.05, 3.63) is 62.8 Å². The summed E-state index contributed by atoms with van der Waals surface area (Å²) in [5, 5.41) is 0.676. The second-order valence-electron chi connectivity index (χ2n) is 4.47. The van der Waals surface area contributed by atoms with Gasteiger partial charge in [0, 0.05) is 6.54 Å². The van der Waals surface area contributed by atoms with Gasteiger partial charge in [0.05, 0.1) is 15.1 Å². The average Bonchev–Trinajstić information content (AvgIpc) is 2.42. The molecule has 3 nitrogen and oxygen atoms in total. The highest BCUT2D eigenvalue weighted by atomic mass is 35.5. The Labute approximate surface area is 143 Å². The SMILES string of the molecule is O=S(=O)(NCCc1ccc(Cl)c(Cl)c1)c1ccc(F)cc1Cl. The van der Waals surface area contributed by atoms with Crippen LogP contribution in [0.5, 0.6) is 0 Å². The Kier molecular flexibility index (Phi) is 5.69. The number of sulfonamides is 1. The topological polar surface area (TPSA) is 46.2 Å². The van der Waals surface area contributed by atoms with Crippen LogP contribution >= 0.6 is 34.8 Å². The van der Waals surface area contributed by atoms with E-state index in [0.717, 1.165) is 23.8 Å². The van der Waals surface area contributed by atoms with Crippen molar-refractivity contribution in [2.45, 2.75) is 11.3 Å². The number of rotatable bonds is 5. The second-order valence-corrected chi connectivity index (χ2v) is 7.43. The summed E-state index contributed by atoms with van der Waals surface area (Å²) in [4.78, 5) is -0.162. The van der Waals surface area contributed by atoms with Gasteiger partial charge in [-0.05, 0) is 42.3 Å². The Morgan fingerprint density at radius 3 is 2.32 bits per heavy atom. The molecular weight excluding hydrogens is 372 g/mol. The van der Waals surface area contributed by atoms with Crippen LogP contribution in [0, 0.1) is 5.82 Å². The molecule has 0 radical (unpaired) electrons. The molecule has 0 spiro atoms. The minimum absolute atomic E-state index is 0.147. The summed E-state index contributed by atoms with van der Waals surface area (Å²) >= 11 is 17.5. The van der Waals surface area contributed by atoms with Crippen LogP contribution in [0.2, 0.25) is 15.1 Å². The molecule has 0 fully saturated rings. The Morgan fingerprint density at radius 2 is 1.68 bits per heavy atom. The molecule has 0 aliphatic carbocycles. The first-order chi connectivity index (χ1) is 10.3. The predicted molar refractivity (Wildman–Crippen MR) is 86.8 cm³/mol. The van der Waals surface area contributed by atoms with Crippen molar-refractivity contribution in [2.24, 2.45) is 0 Å². The highest BCUT2D eigenvalue weighted by Gasteiger charge is 2.17. The zero-order chi connectivity index (χ0) is 16.3. The lowest BCUT2D eigenvalue weighted by Crippen LogP contribution is -2.26. The summed E-state index contributed by atoms with van der Waals surface area (Å²) in [6.07, 6.45) is 0.426. The highest BCUT2D eigenvalue weighted by molar-refractivity contribution is 7.89. The third-order valence-corrected chi connectivity index (χ3v) is 5.56. The van der Waals surface area contributed by atoms with Gasteiger partial charge in [0.15, 0.2) is 0 Å². The first kappa shape index (κ1) is 17.5. The number of nitrogens with one attached hydrogen (secondary N) is 1. The lowest BCUT2D eigenvalue weighted by Gasteiger charge is -2.09. The number of benzene rings is 2. The van der Waals surface area contributed by atoms with E-state index in [9.17, 15) is 12.8 Å². The first-order valence-corrected chi connectivity index (χ1v) is 8.80. The van der Waals surface area contributed by atoms with Crippen LogP contribution in [0.4, 0.5) is 4.39 Å². The molecule has 22 heavy (non-hydrogen) atoms. The Bertz CT molecular complexity index is 797. The molecule has 0 bridgehead atoms. The lowest BCUT2D eigenvalue weighted by molar-refractivity contribution is 0.581. The summed E-state index contributed by atoms with van der Waals surface area (Å²) in [6.45, 7) is 0.147. The van der Waals surface area contributed by atoms with Gasteiger partial charge in [-0.15, -0.1) is 0 Å². The normalized spacial score (nSPS) is 11.6. The number of hydrogen-bond donors (Lipinski definition) is 1. The Balaban J connectivity index is 2.05. The van der Waals surface area contributed by atoms with E-state index in [-0.39, 0.29) is 16.5 Å². The van der Waals surface area contributed by atoms with E-state index in [4.69, 9.17) is 34.8 Å². The van der Waals surface area contributed by atoms with Crippen molar-refractivity contribution in [3.8, 4) is 0 Å². The third-order valence-electron chi connectivity index (χ3n) is 2.87. The van der Waals surface area contributed by atoms with Gasteiger partial charge in [0.25, 0.3) is 0 Å². The highest BCUT2D eigenvalue weighted by Crippen LogP contribution is 2.23. The van der Waals surface area contributed by atoms with Crippen LogP contribution in [0.1, 0.15) is 5.56 Å². The average molecular weight is 383 g/mol. The molecule has 0 atom stereocenters. The van der Waals surface area contributed by atoms with Gasteiger partial charge in [0.2, 0.25) is 10.0 Å². The molecule has 2 rings (SSSR count). The van der Waals surface area contributed by atoms with Crippen LogP contribution in [0.25, 0.3) is 0 Å². The van der Waals surface area contributed by atoms with Crippen LogP contribution in [-0.4, -0.2) is 15.0 Å². The molecule has 2 aromatic carbocycles. The maximum Gasteiger partial charge on any atom is 0.242 e. The Hall–Kier alpha value is -0.850. The number of hydrogen-bond acceptors (Lipinski definition) is 2. The summed E-state index contributed by atoms with van der Waals surface area (Å²) < 4.78 is 39.6. The van der Waals surface area contributed by atoms with Gasteiger partial charge in [-0.1, -0.05) is 40.9 Å². The van der Waals surface area contributed by atoms with Crippen molar-refractivity contribution in [3.63, 3.8) is 0 Å². The van der Waals surface area contributed by atoms with Gasteiger partial charge in [0.1, 0.15) is 10.7 Å². The van der Waals surface area contributed by atoms with Gasteiger partial charge in [-0.3, -0.25) is 0 Å². The van der Waals surface area contributed by atoms with Gasteiger partial charge in [-0.2, -0.15) is 0 Å². The van der Waals surface area contributed by atoms with E-state index in [1.807, 2.05) is 0 Å². The van der Waals surface area contributed by atoms with E-state index in [1.165, 1.54) is 0 Å². The molecule has 0 saturated carbocycles. The van der Waals surface area contributed by atoms with Gasteiger partial charge >= 0.3 is 0 Å². The molecular formula is C14H11Cl3FNO2S. The fourth-order valence-electron chi connectivity index (χ4n) is 1.80. The van der Waals surface area contributed by atoms with Crippen LogP contribution in [0.3, 0.4) is 0 Å². The fourth-order valence-corrected chi connectivity index (χ4v) is 3.68. The summed E-state index contributed by atoms with van der Waals surface area (Å²) in [5.74, 6) is -0.597. The third kappa shape index (κ3) is 4.33. The molecule has 118 valence electrons. The predicted octanol–water partition coefficient (Wildman–Crippen LogP) is 4.31. The van der Waals surface area contributed by atoms with E-state index < -0.39 is 15.8 Å². The van der Waals surface area contributed by atoms with Crippen molar-refractivity contribution in [2.75, 3.05) is 6.54 Å². The van der Waals surface area contributed by atoms with Crippen molar-refractivity contribution in [1.82, 2.24) is 4.72 Å². The smallest absolute Gasteiger partial charge is 0.211 e. The maximum atomic E-state index is 13.0. The van der Waals surface area contributed by atoms with Gasteiger partial charge in [-0.25, -0.2) is 17.5 Å². The standard InChI is InChI=1S/C14H11Cl3FNO2S/c15-11-3-1-9(7-12(11)16)5-6-19-22(20,21)14-4-2-10(18)8-13(14)17/h1-4,7-8,19H,5-6H2. The Morgan fingerprint density at radius 1 is 0.955 bits per heavy atom. The zero-order valence-corrected chi connectivity index (χ0v) is 14.2. The van der Waals surface area contributed by atoms with E-state index in [1.54, 1.807) is 18.2 Å². The number of halogens is 4. The summed E-state index contributed by atoms with van der Waals surface area (Å²) in [7, 11) is -3.80. The van der Waals surface area contributed by atoms with E-state index in [2.05, 4.69) is 4.72 Å². The van der Waals surface area contributed by atoms with Crippen LogP contribution < -0.4 is 4.72 Å². The zero-order valence-electron chi connectivity index (χ0n) is 11.1. The summed E-state index contributed by atoms with van der Waals surface area (Å²) in [5.41, 5.74) is 0.835. The lowest BCUT2D eigenvalue weighted by atomic mass is 10.1. The van der Waals surface area contributed by atoms with Crippen LogP contribution in [-0.2, 0) is 16.4 Å². The van der Waals surface area contributed by atoms with Gasteiger partial charge < -0.3 is 0 Å². The van der Waals surface area contributed by atoms with Crippen molar-refractivity contribution < 1.29 is 12.8 Å². The molecule has 8 heteroatoms. The molecule has 0 saturated heterocycles. The minimum Gasteiger partial charge on any atom is -0.211 e. The summed E-state index contributed by atoms with van der Waals surface area (Å²) in [6, 6.07) is 8.19. The monoisotopic (exact) mass is 381 g/mol. The first-order valence-electron chi connectivity index (χ1n) is 6.18. The van der Waals surface area contributed by atoms with Crippen LogP contribution in [0.15, 0.2) is 41.3 Å². The van der Waals surface area contributed by atoms with E-state index >= 15 is 0 Å². The van der Waals surface area contributed by atoms with Crippen molar-refractivity contribution in [1.29, 1.82) is 0 Å². The molecule has 0 aliphatic heterocycles. The molecule has 0 aromatic heterocycles. The molecule has 1 N–H and O–H groups in total. The molecule has 0 unspecified atom stereocenters.